The molecule has 1 spiro atoms. The Morgan fingerprint density at radius 3 is 2.76 bits per heavy atom. The molecule has 4 heterocycles. The number of carbonyl (C=O) groups excluding carboxylic acids is 1. The molecule has 0 aliphatic carbocycles. The summed E-state index contributed by atoms with van der Waals surface area (Å²) in [5.74, 6) is 0.0719. The van der Waals surface area contributed by atoms with Crippen molar-refractivity contribution in [3.05, 3.63) is 30.1 Å². The maximum atomic E-state index is 12.5. The molecule has 4 rings (SSSR count). The molecule has 2 aliphatic heterocycles. The van der Waals surface area contributed by atoms with Gasteiger partial charge in [0.05, 0.1) is 11.0 Å². The van der Waals surface area contributed by atoms with E-state index in [0.717, 1.165) is 37.2 Å². The molecular weight excluding hydrogens is 264 g/mol. The lowest BCUT2D eigenvalue weighted by Crippen LogP contribution is -2.61. The molecule has 0 bridgehead atoms. The zero-order valence-corrected chi connectivity index (χ0v) is 12.3. The van der Waals surface area contributed by atoms with E-state index in [1.165, 1.54) is 12.8 Å². The molecule has 0 radical (unpaired) electrons. The maximum Gasteiger partial charge on any atom is 0.272 e. The van der Waals surface area contributed by atoms with E-state index in [1.54, 1.807) is 0 Å². The summed E-state index contributed by atoms with van der Waals surface area (Å²) in [4.78, 5) is 24.4. The van der Waals surface area contributed by atoms with Crippen molar-refractivity contribution in [3.8, 4) is 0 Å². The summed E-state index contributed by atoms with van der Waals surface area (Å²) in [5.41, 5.74) is 2.77. The molecule has 2 aromatic heterocycles. The van der Waals surface area contributed by atoms with Gasteiger partial charge in [-0.1, -0.05) is 0 Å². The van der Waals surface area contributed by atoms with Gasteiger partial charge in [0, 0.05) is 24.7 Å². The minimum atomic E-state index is 0.0719. The van der Waals surface area contributed by atoms with E-state index in [-0.39, 0.29) is 5.91 Å². The summed E-state index contributed by atoms with van der Waals surface area (Å²) in [7, 11) is 2.17. The van der Waals surface area contributed by atoms with Crippen LogP contribution in [0.2, 0.25) is 0 Å². The Morgan fingerprint density at radius 1 is 1.24 bits per heavy atom. The topological polar surface area (TPSA) is 52.2 Å². The van der Waals surface area contributed by atoms with Crippen molar-refractivity contribution in [2.24, 2.45) is 5.41 Å². The highest BCUT2D eigenvalue weighted by Crippen LogP contribution is 2.40. The number of fused-ring (bicyclic) bond motifs is 1. The minimum Gasteiger partial charge on any atom is -0.360 e. The molecule has 5 nitrogen and oxygen atoms in total. The van der Waals surface area contributed by atoms with Crippen LogP contribution in [0.15, 0.2) is 24.4 Å². The summed E-state index contributed by atoms with van der Waals surface area (Å²) in [6.45, 7) is 4.09. The van der Waals surface area contributed by atoms with Gasteiger partial charge in [-0.05, 0) is 51.2 Å². The number of piperidine rings is 1. The van der Waals surface area contributed by atoms with Crippen molar-refractivity contribution >= 4 is 16.9 Å². The van der Waals surface area contributed by atoms with Crippen LogP contribution >= 0.6 is 0 Å². The quantitative estimate of drug-likeness (QED) is 0.867. The lowest BCUT2D eigenvalue weighted by molar-refractivity contribution is -0.0285. The summed E-state index contributed by atoms with van der Waals surface area (Å²) < 4.78 is 0. The van der Waals surface area contributed by atoms with Gasteiger partial charge in [-0.25, -0.2) is 4.98 Å². The summed E-state index contributed by atoms with van der Waals surface area (Å²) >= 11 is 0. The predicted molar refractivity (Wildman–Crippen MR) is 81.2 cm³/mol. The highest BCUT2D eigenvalue weighted by molar-refractivity contribution is 5.95. The van der Waals surface area contributed by atoms with Crippen molar-refractivity contribution in [3.63, 3.8) is 0 Å². The monoisotopic (exact) mass is 284 g/mol. The number of nitrogens with one attached hydrogen (secondary N) is 1. The Labute approximate surface area is 123 Å². The molecule has 110 valence electrons. The number of amides is 1. The number of carbonyl (C=O) groups is 1. The molecule has 5 heteroatoms. The Bertz CT molecular complexity index is 676. The van der Waals surface area contributed by atoms with Gasteiger partial charge in [0.15, 0.2) is 0 Å². The smallest absolute Gasteiger partial charge is 0.272 e. The van der Waals surface area contributed by atoms with Crippen LogP contribution in [-0.2, 0) is 0 Å². The minimum absolute atomic E-state index is 0.0719. The number of aromatic amines is 1. The fourth-order valence-electron chi connectivity index (χ4n) is 3.53. The van der Waals surface area contributed by atoms with Crippen molar-refractivity contribution in [2.75, 3.05) is 33.2 Å². The average molecular weight is 284 g/mol. The van der Waals surface area contributed by atoms with Crippen LogP contribution in [0.1, 0.15) is 23.3 Å². The number of H-pyrrole nitrogens is 1. The standard InChI is InChI=1S/C16H20N4O/c1-19-8-5-16(6-9-19)10-20(11-16)15(21)14-3-2-12-13(18-14)4-7-17-12/h2-4,7,17H,5-6,8-11H2,1H3. The van der Waals surface area contributed by atoms with E-state index in [1.807, 2.05) is 29.3 Å². The largest absolute Gasteiger partial charge is 0.360 e. The van der Waals surface area contributed by atoms with Gasteiger partial charge in [-0.2, -0.15) is 0 Å². The van der Waals surface area contributed by atoms with Crippen molar-refractivity contribution in [1.82, 2.24) is 19.8 Å². The fraction of sp³-hybridized carbons (Fsp3) is 0.500. The third-order valence-electron chi connectivity index (χ3n) is 5.01. The number of hydrogen-bond acceptors (Lipinski definition) is 3. The summed E-state index contributed by atoms with van der Waals surface area (Å²) in [6.07, 6.45) is 4.26. The van der Waals surface area contributed by atoms with E-state index in [4.69, 9.17) is 0 Å². The maximum absolute atomic E-state index is 12.5. The van der Waals surface area contributed by atoms with Gasteiger partial charge in [-0.15, -0.1) is 0 Å². The van der Waals surface area contributed by atoms with Crippen LogP contribution in [0.25, 0.3) is 11.0 Å². The van der Waals surface area contributed by atoms with Gasteiger partial charge in [0.1, 0.15) is 5.69 Å². The number of likely N-dealkylation sites (tertiary alicyclic amines) is 2. The Balaban J connectivity index is 1.47. The van der Waals surface area contributed by atoms with Crippen molar-refractivity contribution < 1.29 is 4.79 Å². The molecule has 0 unspecified atom stereocenters. The second-order valence-corrected chi connectivity index (χ2v) is 6.57. The summed E-state index contributed by atoms with van der Waals surface area (Å²) in [5, 5.41) is 0. The van der Waals surface area contributed by atoms with Gasteiger partial charge in [0.2, 0.25) is 0 Å². The van der Waals surface area contributed by atoms with Gasteiger partial charge >= 0.3 is 0 Å². The third kappa shape index (κ3) is 2.12. The van der Waals surface area contributed by atoms with Crippen LogP contribution in [0.3, 0.4) is 0 Å². The number of nitrogens with zero attached hydrogens (tertiary/aromatic N) is 3. The predicted octanol–water partition coefficient (Wildman–Crippen LogP) is 1.73. The van der Waals surface area contributed by atoms with E-state index >= 15 is 0 Å². The molecule has 2 aromatic rings. The first-order valence-electron chi connectivity index (χ1n) is 7.57. The Morgan fingerprint density at radius 2 is 2.00 bits per heavy atom. The third-order valence-corrected chi connectivity index (χ3v) is 5.01. The van der Waals surface area contributed by atoms with Gasteiger partial charge in [-0.3, -0.25) is 4.79 Å². The van der Waals surface area contributed by atoms with E-state index < -0.39 is 0 Å². The van der Waals surface area contributed by atoms with Crippen LogP contribution in [0.4, 0.5) is 0 Å². The second-order valence-electron chi connectivity index (χ2n) is 6.57. The molecule has 21 heavy (non-hydrogen) atoms. The molecule has 0 saturated carbocycles. The number of pyridine rings is 1. The fourth-order valence-corrected chi connectivity index (χ4v) is 3.53. The SMILES string of the molecule is CN1CCC2(CC1)CN(C(=O)c1ccc3[nH]ccc3n1)C2. The first-order valence-corrected chi connectivity index (χ1v) is 7.57. The zero-order chi connectivity index (χ0) is 14.4. The normalized spacial score (nSPS) is 21.7. The van der Waals surface area contributed by atoms with E-state index in [0.29, 0.717) is 11.1 Å². The molecule has 1 N–H and O–H groups in total. The van der Waals surface area contributed by atoms with Gasteiger partial charge in [0.25, 0.3) is 5.91 Å². The van der Waals surface area contributed by atoms with E-state index in [2.05, 4.69) is 21.9 Å². The van der Waals surface area contributed by atoms with Crippen molar-refractivity contribution in [1.29, 1.82) is 0 Å². The van der Waals surface area contributed by atoms with Crippen molar-refractivity contribution in [2.45, 2.75) is 12.8 Å². The molecule has 2 aliphatic rings. The molecular formula is C16H20N4O. The van der Waals surface area contributed by atoms with Crippen LogP contribution in [0, 0.1) is 5.41 Å². The van der Waals surface area contributed by atoms with Crippen LogP contribution in [0.5, 0.6) is 0 Å². The van der Waals surface area contributed by atoms with Crippen LogP contribution in [-0.4, -0.2) is 58.9 Å². The Hall–Kier alpha value is -1.88. The first kappa shape index (κ1) is 12.8. The number of aromatic nitrogens is 2. The molecule has 0 aromatic carbocycles. The average Bonchev–Trinajstić information content (AvgIpc) is 2.92. The highest BCUT2D eigenvalue weighted by Gasteiger charge is 2.46. The number of rotatable bonds is 1. The highest BCUT2D eigenvalue weighted by atomic mass is 16.2. The molecule has 1 amide bonds. The zero-order valence-electron chi connectivity index (χ0n) is 12.3. The second kappa shape index (κ2) is 4.56. The van der Waals surface area contributed by atoms with Crippen LogP contribution < -0.4 is 0 Å². The molecule has 0 atom stereocenters. The lowest BCUT2D eigenvalue weighted by atomic mass is 9.72. The summed E-state index contributed by atoms with van der Waals surface area (Å²) in [6, 6.07) is 5.65. The number of hydrogen-bond donors (Lipinski definition) is 1. The first-order chi connectivity index (χ1) is 10.2. The van der Waals surface area contributed by atoms with Gasteiger partial charge < -0.3 is 14.8 Å². The Kier molecular flexibility index (Phi) is 2.79. The van der Waals surface area contributed by atoms with E-state index in [9.17, 15) is 4.79 Å². The molecule has 2 fully saturated rings. The lowest BCUT2D eigenvalue weighted by Gasteiger charge is -2.53. The molecule has 2 saturated heterocycles.